The van der Waals surface area contributed by atoms with Crippen LogP contribution in [0.5, 0.6) is 5.75 Å². The summed E-state index contributed by atoms with van der Waals surface area (Å²) in [4.78, 5) is 16.6. The largest absolute Gasteiger partial charge is 0.494 e. The Labute approximate surface area is 167 Å². The number of nitrogens with one attached hydrogen (secondary N) is 1. The van der Waals surface area contributed by atoms with Gasteiger partial charge in [0.05, 0.1) is 12.3 Å². The average molecular weight is 399 g/mol. The molecule has 0 bridgehead atoms. The van der Waals surface area contributed by atoms with Crippen LogP contribution in [0.1, 0.15) is 18.9 Å². The molecule has 1 N–H and O–H groups in total. The Morgan fingerprint density at radius 1 is 1.22 bits per heavy atom. The summed E-state index contributed by atoms with van der Waals surface area (Å²) in [6.07, 6.45) is 4.21. The smallest absolute Gasteiger partial charge is 0.250 e. The van der Waals surface area contributed by atoms with Gasteiger partial charge in [-0.1, -0.05) is 48.9 Å². The van der Waals surface area contributed by atoms with Gasteiger partial charge in [0.15, 0.2) is 5.13 Å². The van der Waals surface area contributed by atoms with Crippen molar-refractivity contribution in [1.29, 1.82) is 0 Å². The number of anilines is 1. The van der Waals surface area contributed by atoms with Gasteiger partial charge in [0, 0.05) is 22.0 Å². The van der Waals surface area contributed by atoms with Crippen molar-refractivity contribution in [2.45, 2.75) is 13.3 Å². The summed E-state index contributed by atoms with van der Waals surface area (Å²) < 4.78 is 5.54. The molecule has 1 aromatic heterocycles. The zero-order valence-electron chi connectivity index (χ0n) is 14.8. The van der Waals surface area contributed by atoms with Crippen molar-refractivity contribution in [3.63, 3.8) is 0 Å². The lowest BCUT2D eigenvalue weighted by Crippen LogP contribution is -2.07. The average Bonchev–Trinajstić information content (AvgIpc) is 3.14. The molecule has 0 spiro atoms. The fourth-order valence-electron chi connectivity index (χ4n) is 2.34. The zero-order valence-corrected chi connectivity index (χ0v) is 16.4. The Bertz CT molecular complexity index is 935. The number of hydrogen-bond acceptors (Lipinski definition) is 4. The van der Waals surface area contributed by atoms with Gasteiger partial charge in [0.2, 0.25) is 5.91 Å². The van der Waals surface area contributed by atoms with Crippen LogP contribution >= 0.6 is 22.9 Å². The van der Waals surface area contributed by atoms with E-state index in [-0.39, 0.29) is 5.91 Å². The number of rotatable bonds is 7. The van der Waals surface area contributed by atoms with Crippen LogP contribution in [0.25, 0.3) is 17.3 Å². The maximum Gasteiger partial charge on any atom is 0.250 e. The van der Waals surface area contributed by atoms with Gasteiger partial charge < -0.3 is 4.74 Å². The van der Waals surface area contributed by atoms with Gasteiger partial charge in [-0.15, -0.1) is 11.3 Å². The van der Waals surface area contributed by atoms with Crippen LogP contribution < -0.4 is 10.1 Å². The molecular weight excluding hydrogens is 380 g/mol. The molecular formula is C21H19ClN2O2S. The highest BCUT2D eigenvalue weighted by atomic mass is 35.5. The van der Waals surface area contributed by atoms with E-state index in [0.717, 1.165) is 29.0 Å². The summed E-state index contributed by atoms with van der Waals surface area (Å²) in [6.45, 7) is 2.76. The number of carbonyl (C=O) groups excluding carboxylic acids is 1. The molecule has 0 unspecified atom stereocenters. The predicted molar refractivity (Wildman–Crippen MR) is 112 cm³/mol. The number of ether oxygens (including phenoxy) is 1. The summed E-state index contributed by atoms with van der Waals surface area (Å²) in [5.74, 6) is 0.592. The van der Waals surface area contributed by atoms with Gasteiger partial charge in [0.1, 0.15) is 5.75 Å². The van der Waals surface area contributed by atoms with E-state index in [2.05, 4.69) is 17.2 Å². The SMILES string of the molecule is CCCOc1ccc(/C=C/C(=O)Nc2nc(-c3ccccc3Cl)cs2)cc1. The van der Waals surface area contributed by atoms with Crippen LogP contribution in [0.15, 0.2) is 60.0 Å². The second kappa shape index (κ2) is 9.35. The third-order valence-corrected chi connectivity index (χ3v) is 4.75. The lowest BCUT2D eigenvalue weighted by molar-refractivity contribution is -0.111. The number of halogens is 1. The number of carbonyl (C=O) groups is 1. The van der Waals surface area contributed by atoms with Gasteiger partial charge in [0.25, 0.3) is 0 Å². The molecule has 0 saturated heterocycles. The second-order valence-corrected chi connectivity index (χ2v) is 7.02. The third kappa shape index (κ3) is 5.42. The Morgan fingerprint density at radius 2 is 2.00 bits per heavy atom. The van der Waals surface area contributed by atoms with Crippen molar-refractivity contribution in [1.82, 2.24) is 4.98 Å². The molecule has 4 nitrogen and oxygen atoms in total. The minimum Gasteiger partial charge on any atom is -0.494 e. The molecule has 0 aliphatic carbocycles. The topological polar surface area (TPSA) is 51.2 Å². The van der Waals surface area contributed by atoms with Crippen LogP contribution in [0, 0.1) is 0 Å². The summed E-state index contributed by atoms with van der Waals surface area (Å²) in [6, 6.07) is 15.1. The molecule has 1 amide bonds. The molecule has 2 aromatic carbocycles. The van der Waals surface area contributed by atoms with E-state index in [1.54, 1.807) is 6.08 Å². The van der Waals surface area contributed by atoms with Crippen molar-refractivity contribution >= 4 is 40.1 Å². The van der Waals surface area contributed by atoms with Crippen LogP contribution in [-0.4, -0.2) is 17.5 Å². The van der Waals surface area contributed by atoms with Crippen molar-refractivity contribution in [3.05, 3.63) is 70.6 Å². The first-order valence-electron chi connectivity index (χ1n) is 8.58. The standard InChI is InChI=1S/C21H19ClN2O2S/c1-2-13-26-16-10-7-15(8-11-16)9-12-20(25)24-21-23-19(14-27-21)17-5-3-4-6-18(17)22/h3-12,14H,2,13H2,1H3,(H,23,24,25)/b12-9+. The van der Waals surface area contributed by atoms with Gasteiger partial charge in [-0.25, -0.2) is 4.98 Å². The molecule has 0 radical (unpaired) electrons. The maximum atomic E-state index is 12.1. The summed E-state index contributed by atoms with van der Waals surface area (Å²) in [7, 11) is 0. The van der Waals surface area contributed by atoms with Gasteiger partial charge in [-0.05, 0) is 36.3 Å². The summed E-state index contributed by atoms with van der Waals surface area (Å²) >= 11 is 7.55. The van der Waals surface area contributed by atoms with Crippen molar-refractivity contribution in [3.8, 4) is 17.0 Å². The Hall–Kier alpha value is -2.63. The number of thiazole rings is 1. The Balaban J connectivity index is 1.59. The first-order valence-corrected chi connectivity index (χ1v) is 9.84. The molecule has 0 aliphatic heterocycles. The first-order chi connectivity index (χ1) is 13.2. The van der Waals surface area contributed by atoms with Crippen LogP contribution in [0.3, 0.4) is 0 Å². The second-order valence-electron chi connectivity index (χ2n) is 5.76. The maximum absolute atomic E-state index is 12.1. The molecule has 27 heavy (non-hydrogen) atoms. The highest BCUT2D eigenvalue weighted by Crippen LogP contribution is 2.30. The first kappa shape index (κ1) is 19.1. The number of aromatic nitrogens is 1. The third-order valence-electron chi connectivity index (χ3n) is 3.66. The van der Waals surface area contributed by atoms with Gasteiger partial charge in [-0.3, -0.25) is 10.1 Å². The molecule has 0 saturated carbocycles. The van der Waals surface area contributed by atoms with E-state index >= 15 is 0 Å². The molecule has 0 fully saturated rings. The number of nitrogens with zero attached hydrogens (tertiary/aromatic N) is 1. The zero-order chi connectivity index (χ0) is 19.1. The highest BCUT2D eigenvalue weighted by molar-refractivity contribution is 7.14. The van der Waals surface area contributed by atoms with E-state index in [1.807, 2.05) is 53.9 Å². The van der Waals surface area contributed by atoms with E-state index in [9.17, 15) is 4.79 Å². The summed E-state index contributed by atoms with van der Waals surface area (Å²) in [5.41, 5.74) is 2.51. The van der Waals surface area contributed by atoms with Crippen molar-refractivity contribution < 1.29 is 9.53 Å². The van der Waals surface area contributed by atoms with Crippen LogP contribution in [0.2, 0.25) is 5.02 Å². The van der Waals surface area contributed by atoms with Crippen LogP contribution in [0.4, 0.5) is 5.13 Å². The lowest BCUT2D eigenvalue weighted by atomic mass is 10.2. The molecule has 3 rings (SSSR count). The van der Waals surface area contributed by atoms with Crippen molar-refractivity contribution in [2.24, 2.45) is 0 Å². The van der Waals surface area contributed by atoms with E-state index in [4.69, 9.17) is 16.3 Å². The number of amides is 1. The molecule has 0 atom stereocenters. The van der Waals surface area contributed by atoms with Crippen molar-refractivity contribution in [2.75, 3.05) is 11.9 Å². The number of hydrogen-bond donors (Lipinski definition) is 1. The highest BCUT2D eigenvalue weighted by Gasteiger charge is 2.09. The van der Waals surface area contributed by atoms with Gasteiger partial charge in [-0.2, -0.15) is 0 Å². The Morgan fingerprint density at radius 3 is 2.74 bits per heavy atom. The summed E-state index contributed by atoms with van der Waals surface area (Å²) in [5, 5.41) is 5.81. The van der Waals surface area contributed by atoms with E-state index in [0.29, 0.717) is 16.8 Å². The minimum atomic E-state index is -0.235. The number of benzene rings is 2. The quantitative estimate of drug-likeness (QED) is 0.504. The Kier molecular flexibility index (Phi) is 6.63. The molecule has 1 heterocycles. The molecule has 138 valence electrons. The fourth-order valence-corrected chi connectivity index (χ4v) is 3.28. The molecule has 0 aliphatic rings. The predicted octanol–water partition coefficient (Wildman–Crippen LogP) is 5.90. The molecule has 3 aromatic rings. The van der Waals surface area contributed by atoms with E-state index < -0.39 is 0 Å². The fraction of sp³-hybridized carbons (Fsp3) is 0.143. The van der Waals surface area contributed by atoms with E-state index in [1.165, 1.54) is 17.4 Å². The van der Waals surface area contributed by atoms with Gasteiger partial charge >= 0.3 is 0 Å². The monoisotopic (exact) mass is 398 g/mol. The normalized spacial score (nSPS) is 10.9. The molecule has 6 heteroatoms. The lowest BCUT2D eigenvalue weighted by Gasteiger charge is -2.04. The minimum absolute atomic E-state index is 0.235. The van der Waals surface area contributed by atoms with Crippen LogP contribution in [-0.2, 0) is 4.79 Å².